The number of rotatable bonds is 11. The van der Waals surface area contributed by atoms with Gasteiger partial charge >= 0.3 is 0 Å². The number of methoxy groups -OCH3 is 1. The molecule has 1 aliphatic carbocycles. The maximum absolute atomic E-state index is 5.52. The molecule has 1 saturated carbocycles. The molecule has 3 atom stereocenters. The largest absolute Gasteiger partial charge is 0.379 e. The van der Waals surface area contributed by atoms with E-state index in [1.807, 2.05) is 7.11 Å². The molecule has 0 saturated heterocycles. The van der Waals surface area contributed by atoms with Crippen molar-refractivity contribution in [3.8, 4) is 0 Å². The van der Waals surface area contributed by atoms with Crippen LogP contribution in [0.3, 0.4) is 0 Å². The molecule has 0 heterocycles. The summed E-state index contributed by atoms with van der Waals surface area (Å²) >= 11 is 0. The summed E-state index contributed by atoms with van der Waals surface area (Å²) in [7, 11) is 1.83. The van der Waals surface area contributed by atoms with Crippen LogP contribution in [0.2, 0.25) is 0 Å². The summed E-state index contributed by atoms with van der Waals surface area (Å²) in [5, 5.41) is 0. The van der Waals surface area contributed by atoms with Crippen molar-refractivity contribution in [2.24, 2.45) is 17.8 Å². The van der Waals surface area contributed by atoms with Gasteiger partial charge in [-0.3, -0.25) is 0 Å². The Bertz CT molecular complexity index is 284. The molecule has 0 amide bonds. The second-order valence-electron chi connectivity index (χ2n) is 9.08. The lowest BCUT2D eigenvalue weighted by Gasteiger charge is -2.24. The van der Waals surface area contributed by atoms with Crippen molar-refractivity contribution in [1.29, 1.82) is 0 Å². The van der Waals surface area contributed by atoms with E-state index < -0.39 is 0 Å². The molecule has 1 heteroatoms. The van der Waals surface area contributed by atoms with Crippen LogP contribution in [0, 0.1) is 17.8 Å². The molecule has 0 aromatic heterocycles. The lowest BCUT2D eigenvalue weighted by Crippen LogP contribution is -2.23. The Morgan fingerprint density at radius 2 is 1.70 bits per heavy atom. The number of hydrogen-bond acceptors (Lipinski definition) is 1. The molecule has 0 aliphatic heterocycles. The molecule has 138 valence electrons. The third kappa shape index (κ3) is 10.4. The zero-order valence-corrected chi connectivity index (χ0v) is 16.8. The highest BCUT2D eigenvalue weighted by molar-refractivity contribution is 4.70. The van der Waals surface area contributed by atoms with Gasteiger partial charge in [0.05, 0.1) is 5.60 Å². The predicted molar refractivity (Wildman–Crippen MR) is 103 cm³/mol. The topological polar surface area (TPSA) is 9.23 Å². The minimum absolute atomic E-state index is 0.0600. The fourth-order valence-corrected chi connectivity index (χ4v) is 3.97. The number of hydrogen-bond donors (Lipinski definition) is 0. The molecule has 23 heavy (non-hydrogen) atoms. The van der Waals surface area contributed by atoms with Gasteiger partial charge < -0.3 is 4.74 Å². The first-order valence-electron chi connectivity index (χ1n) is 10.5. The Morgan fingerprint density at radius 3 is 2.43 bits per heavy atom. The summed E-state index contributed by atoms with van der Waals surface area (Å²) < 4.78 is 5.52. The van der Waals surface area contributed by atoms with Gasteiger partial charge in [0.15, 0.2) is 0 Å². The zero-order valence-electron chi connectivity index (χ0n) is 16.8. The number of ether oxygens (including phenoxy) is 1. The second kappa shape index (κ2) is 11.5. The summed E-state index contributed by atoms with van der Waals surface area (Å²) in [5.74, 6) is 2.90. The summed E-state index contributed by atoms with van der Waals surface area (Å²) in [6.45, 7) is 9.26. The molecule has 0 bridgehead atoms. The molecule has 0 aromatic carbocycles. The summed E-state index contributed by atoms with van der Waals surface area (Å²) in [5.41, 5.74) is 0.0600. The van der Waals surface area contributed by atoms with E-state index in [9.17, 15) is 0 Å². The van der Waals surface area contributed by atoms with Crippen molar-refractivity contribution in [3.63, 3.8) is 0 Å². The van der Waals surface area contributed by atoms with Crippen LogP contribution in [-0.2, 0) is 4.74 Å². The van der Waals surface area contributed by atoms with Gasteiger partial charge in [-0.05, 0) is 44.4 Å². The van der Waals surface area contributed by atoms with Crippen molar-refractivity contribution in [1.82, 2.24) is 0 Å². The summed E-state index contributed by atoms with van der Waals surface area (Å²) in [6, 6.07) is 0. The molecule has 1 fully saturated rings. The third-order valence-corrected chi connectivity index (χ3v) is 6.23. The van der Waals surface area contributed by atoms with Crippen molar-refractivity contribution in [2.45, 2.75) is 117 Å². The van der Waals surface area contributed by atoms with E-state index >= 15 is 0 Å². The SMILES string of the molecule is COC(C)(C)CCC(C)CCCCCCC1CCCC(C)CC1. The normalized spacial score (nSPS) is 24.4. The van der Waals surface area contributed by atoms with Crippen LogP contribution in [0.15, 0.2) is 0 Å². The molecule has 1 nitrogen and oxygen atoms in total. The van der Waals surface area contributed by atoms with Crippen LogP contribution in [0.4, 0.5) is 0 Å². The second-order valence-corrected chi connectivity index (χ2v) is 9.08. The van der Waals surface area contributed by atoms with E-state index in [2.05, 4.69) is 27.7 Å². The number of unbranched alkanes of at least 4 members (excludes halogenated alkanes) is 3. The van der Waals surface area contributed by atoms with Gasteiger partial charge in [-0.15, -0.1) is 0 Å². The minimum Gasteiger partial charge on any atom is -0.379 e. The molecule has 1 aliphatic rings. The fourth-order valence-electron chi connectivity index (χ4n) is 3.97. The van der Waals surface area contributed by atoms with Gasteiger partial charge in [0, 0.05) is 7.11 Å². The smallest absolute Gasteiger partial charge is 0.0622 e. The van der Waals surface area contributed by atoms with E-state index in [1.54, 1.807) is 0 Å². The van der Waals surface area contributed by atoms with Crippen LogP contribution < -0.4 is 0 Å². The Labute approximate surface area is 147 Å². The van der Waals surface area contributed by atoms with Gasteiger partial charge in [-0.25, -0.2) is 0 Å². The van der Waals surface area contributed by atoms with E-state index in [0.717, 1.165) is 17.8 Å². The van der Waals surface area contributed by atoms with Gasteiger partial charge in [-0.1, -0.05) is 84.5 Å². The molecule has 0 aromatic rings. The lowest BCUT2D eigenvalue weighted by molar-refractivity contribution is 0.0105. The van der Waals surface area contributed by atoms with Crippen LogP contribution in [0.1, 0.15) is 111 Å². The van der Waals surface area contributed by atoms with Crippen LogP contribution in [-0.4, -0.2) is 12.7 Å². The first kappa shape index (κ1) is 21.0. The molecule has 1 rings (SSSR count). The highest BCUT2D eigenvalue weighted by Crippen LogP contribution is 2.30. The molecule has 0 radical (unpaired) electrons. The highest BCUT2D eigenvalue weighted by atomic mass is 16.5. The fraction of sp³-hybridized carbons (Fsp3) is 1.00. The standard InChI is InChI=1S/C22H44O/c1-19-12-10-14-21(16-15-19)13-9-7-6-8-11-20(2)17-18-22(3,4)23-5/h19-21H,6-18H2,1-5H3. The Balaban J connectivity index is 1.96. The quantitative estimate of drug-likeness (QED) is 0.284. The van der Waals surface area contributed by atoms with Crippen LogP contribution in [0.5, 0.6) is 0 Å². The Kier molecular flexibility index (Phi) is 10.5. The maximum atomic E-state index is 5.52. The van der Waals surface area contributed by atoms with E-state index in [4.69, 9.17) is 4.74 Å². The van der Waals surface area contributed by atoms with Crippen molar-refractivity contribution < 1.29 is 4.74 Å². The monoisotopic (exact) mass is 324 g/mol. The average Bonchev–Trinajstić information content (AvgIpc) is 2.73. The average molecular weight is 325 g/mol. The van der Waals surface area contributed by atoms with Crippen molar-refractivity contribution in [2.75, 3.05) is 7.11 Å². The van der Waals surface area contributed by atoms with Crippen LogP contribution >= 0.6 is 0 Å². The van der Waals surface area contributed by atoms with E-state index in [1.165, 1.54) is 83.5 Å². The maximum Gasteiger partial charge on any atom is 0.0622 e. The van der Waals surface area contributed by atoms with Crippen molar-refractivity contribution >= 4 is 0 Å². The molecule has 3 unspecified atom stereocenters. The zero-order chi connectivity index (χ0) is 17.1. The predicted octanol–water partition coefficient (Wildman–Crippen LogP) is 7.38. The minimum atomic E-state index is 0.0600. The van der Waals surface area contributed by atoms with Gasteiger partial charge in [0.1, 0.15) is 0 Å². The molecular weight excluding hydrogens is 280 g/mol. The summed E-state index contributed by atoms with van der Waals surface area (Å²) in [6.07, 6.45) is 18.7. The van der Waals surface area contributed by atoms with Crippen LogP contribution in [0.25, 0.3) is 0 Å². The lowest BCUT2D eigenvalue weighted by atomic mass is 9.91. The molecular formula is C22H44O. The first-order valence-corrected chi connectivity index (χ1v) is 10.5. The Morgan fingerprint density at radius 1 is 0.957 bits per heavy atom. The van der Waals surface area contributed by atoms with Gasteiger partial charge in [0.25, 0.3) is 0 Å². The Hall–Kier alpha value is -0.0400. The first-order chi connectivity index (χ1) is 10.9. The van der Waals surface area contributed by atoms with Crippen molar-refractivity contribution in [3.05, 3.63) is 0 Å². The third-order valence-electron chi connectivity index (χ3n) is 6.23. The molecule has 0 N–H and O–H groups in total. The summed E-state index contributed by atoms with van der Waals surface area (Å²) in [4.78, 5) is 0. The van der Waals surface area contributed by atoms with E-state index in [0.29, 0.717) is 0 Å². The van der Waals surface area contributed by atoms with E-state index in [-0.39, 0.29) is 5.60 Å². The van der Waals surface area contributed by atoms with Gasteiger partial charge in [0.2, 0.25) is 0 Å². The van der Waals surface area contributed by atoms with Gasteiger partial charge in [-0.2, -0.15) is 0 Å². The molecule has 0 spiro atoms. The highest BCUT2D eigenvalue weighted by Gasteiger charge is 2.17.